The van der Waals surface area contributed by atoms with E-state index in [1.165, 1.54) is 0 Å². The molecule has 0 aliphatic rings. The highest BCUT2D eigenvalue weighted by molar-refractivity contribution is 6.30. The van der Waals surface area contributed by atoms with E-state index < -0.39 is 17.9 Å². The Hall–Kier alpha value is -1.63. The molecule has 1 rings (SSSR count). The van der Waals surface area contributed by atoms with Gasteiger partial charge in [0.15, 0.2) is 0 Å². The highest BCUT2D eigenvalue weighted by atomic mass is 35.5. The zero-order valence-electron chi connectivity index (χ0n) is 10.2. The molecule has 0 spiro atoms. The Balaban J connectivity index is 2.33. The third-order valence-electron chi connectivity index (χ3n) is 2.38. The molecule has 0 bridgehead atoms. The van der Waals surface area contributed by atoms with Gasteiger partial charge in [0.25, 0.3) is 0 Å². The van der Waals surface area contributed by atoms with Crippen LogP contribution in [0.25, 0.3) is 0 Å². The quantitative estimate of drug-likeness (QED) is 0.569. The largest absolute Gasteiger partial charge is 0.387 e. The molecule has 1 unspecified atom stereocenters. The number of rotatable bonds is 6. The van der Waals surface area contributed by atoms with Crippen LogP contribution in [0, 0.1) is 0 Å². The normalized spacial score (nSPS) is 11.7. The standard InChI is InChI=1S/C12H16ClN3O3/c13-9-3-1-8(2-4-9)10(17)6-15-12(19)7-16-11(18)5-14/h1-4,10,17H,5-7,14H2,(H,15,19)(H,16,18). The Morgan fingerprint density at radius 3 is 2.42 bits per heavy atom. The summed E-state index contributed by atoms with van der Waals surface area (Å²) in [4.78, 5) is 22.2. The number of aliphatic hydroxyl groups is 1. The molecule has 2 amide bonds. The van der Waals surface area contributed by atoms with Crippen molar-refractivity contribution in [1.82, 2.24) is 10.6 Å². The van der Waals surface area contributed by atoms with E-state index in [2.05, 4.69) is 10.6 Å². The van der Waals surface area contributed by atoms with E-state index in [1.54, 1.807) is 24.3 Å². The molecule has 0 saturated carbocycles. The molecule has 7 heteroatoms. The molecule has 5 N–H and O–H groups in total. The maximum atomic E-state index is 11.4. The van der Waals surface area contributed by atoms with E-state index in [0.717, 1.165) is 0 Å². The van der Waals surface area contributed by atoms with Crippen LogP contribution in [0.5, 0.6) is 0 Å². The number of carbonyl (C=O) groups is 2. The Labute approximate surface area is 115 Å². The van der Waals surface area contributed by atoms with Crippen molar-refractivity contribution in [3.63, 3.8) is 0 Å². The fourth-order valence-electron chi connectivity index (χ4n) is 1.33. The monoisotopic (exact) mass is 285 g/mol. The first kappa shape index (κ1) is 15.4. The first-order valence-corrected chi connectivity index (χ1v) is 6.07. The van der Waals surface area contributed by atoms with Crippen molar-refractivity contribution in [2.24, 2.45) is 5.73 Å². The van der Waals surface area contributed by atoms with Crippen molar-refractivity contribution in [3.8, 4) is 0 Å². The van der Waals surface area contributed by atoms with Gasteiger partial charge in [0.1, 0.15) is 0 Å². The number of carbonyl (C=O) groups excluding carboxylic acids is 2. The summed E-state index contributed by atoms with van der Waals surface area (Å²) >= 11 is 5.73. The predicted molar refractivity (Wildman–Crippen MR) is 71.5 cm³/mol. The number of hydrogen-bond acceptors (Lipinski definition) is 4. The van der Waals surface area contributed by atoms with Crippen molar-refractivity contribution in [2.45, 2.75) is 6.10 Å². The lowest BCUT2D eigenvalue weighted by Gasteiger charge is -2.12. The van der Waals surface area contributed by atoms with Gasteiger partial charge < -0.3 is 21.5 Å². The smallest absolute Gasteiger partial charge is 0.239 e. The first-order chi connectivity index (χ1) is 9.02. The van der Waals surface area contributed by atoms with Crippen LogP contribution in [-0.4, -0.2) is 36.6 Å². The van der Waals surface area contributed by atoms with E-state index in [-0.39, 0.29) is 19.6 Å². The van der Waals surface area contributed by atoms with E-state index in [4.69, 9.17) is 17.3 Å². The fourth-order valence-corrected chi connectivity index (χ4v) is 1.45. The van der Waals surface area contributed by atoms with Crippen molar-refractivity contribution in [2.75, 3.05) is 19.6 Å². The topological polar surface area (TPSA) is 104 Å². The summed E-state index contributed by atoms with van der Waals surface area (Å²) in [5.74, 6) is -0.803. The van der Waals surface area contributed by atoms with E-state index in [1.807, 2.05) is 0 Å². The molecular formula is C12H16ClN3O3. The molecule has 0 heterocycles. The van der Waals surface area contributed by atoms with Crippen LogP contribution in [0.1, 0.15) is 11.7 Å². The lowest BCUT2D eigenvalue weighted by Crippen LogP contribution is -2.40. The molecule has 0 aromatic heterocycles. The average molecular weight is 286 g/mol. The highest BCUT2D eigenvalue weighted by Crippen LogP contribution is 2.15. The predicted octanol–water partition coefficient (Wildman–Crippen LogP) is -0.436. The molecule has 0 aliphatic carbocycles. The second-order valence-corrected chi connectivity index (χ2v) is 4.29. The molecule has 0 saturated heterocycles. The SMILES string of the molecule is NCC(=O)NCC(=O)NCC(O)c1ccc(Cl)cc1. The highest BCUT2D eigenvalue weighted by Gasteiger charge is 2.09. The summed E-state index contributed by atoms with van der Waals surface area (Å²) in [6.45, 7) is -0.275. The van der Waals surface area contributed by atoms with Crippen LogP contribution < -0.4 is 16.4 Å². The van der Waals surface area contributed by atoms with Crippen LogP contribution in [0.4, 0.5) is 0 Å². The molecule has 19 heavy (non-hydrogen) atoms. The minimum Gasteiger partial charge on any atom is -0.387 e. The molecule has 1 aromatic carbocycles. The Kier molecular flexibility index (Phi) is 6.27. The Morgan fingerprint density at radius 2 is 1.84 bits per heavy atom. The van der Waals surface area contributed by atoms with Gasteiger partial charge in [-0.15, -0.1) is 0 Å². The van der Waals surface area contributed by atoms with Crippen LogP contribution in [0.15, 0.2) is 24.3 Å². The van der Waals surface area contributed by atoms with Crippen LogP contribution in [0.3, 0.4) is 0 Å². The van der Waals surface area contributed by atoms with Gasteiger partial charge in [0.05, 0.1) is 19.2 Å². The summed E-state index contributed by atoms with van der Waals surface area (Å²) < 4.78 is 0. The second-order valence-electron chi connectivity index (χ2n) is 3.85. The molecule has 1 atom stereocenters. The number of nitrogens with one attached hydrogen (secondary N) is 2. The van der Waals surface area contributed by atoms with Crippen LogP contribution >= 0.6 is 11.6 Å². The average Bonchev–Trinajstić information content (AvgIpc) is 2.42. The summed E-state index contributed by atoms with van der Waals surface area (Å²) in [7, 11) is 0. The molecule has 6 nitrogen and oxygen atoms in total. The molecule has 0 radical (unpaired) electrons. The third kappa shape index (κ3) is 5.69. The minimum absolute atomic E-state index is 0.0545. The Morgan fingerprint density at radius 1 is 1.21 bits per heavy atom. The molecule has 104 valence electrons. The van der Waals surface area contributed by atoms with Gasteiger partial charge in [0.2, 0.25) is 11.8 Å². The number of halogens is 1. The summed E-state index contributed by atoms with van der Waals surface area (Å²) in [6, 6.07) is 6.66. The van der Waals surface area contributed by atoms with Gasteiger partial charge >= 0.3 is 0 Å². The molecule has 0 aliphatic heterocycles. The maximum absolute atomic E-state index is 11.4. The lowest BCUT2D eigenvalue weighted by molar-refractivity contribution is -0.125. The first-order valence-electron chi connectivity index (χ1n) is 5.70. The van der Waals surface area contributed by atoms with E-state index >= 15 is 0 Å². The molecule has 1 aromatic rings. The number of hydrogen-bond donors (Lipinski definition) is 4. The zero-order valence-corrected chi connectivity index (χ0v) is 11.0. The summed E-state index contributed by atoms with van der Waals surface area (Å²) in [5, 5.41) is 15.2. The maximum Gasteiger partial charge on any atom is 0.239 e. The van der Waals surface area contributed by atoms with Gasteiger partial charge in [-0.3, -0.25) is 9.59 Å². The van der Waals surface area contributed by atoms with Crippen molar-refractivity contribution >= 4 is 23.4 Å². The summed E-state index contributed by atoms with van der Waals surface area (Å²) in [6.07, 6.45) is -0.827. The van der Waals surface area contributed by atoms with Gasteiger partial charge in [-0.1, -0.05) is 23.7 Å². The van der Waals surface area contributed by atoms with Gasteiger partial charge in [0, 0.05) is 11.6 Å². The lowest BCUT2D eigenvalue weighted by atomic mass is 10.1. The third-order valence-corrected chi connectivity index (χ3v) is 2.63. The molecule has 0 fully saturated rings. The molecular weight excluding hydrogens is 270 g/mol. The number of aliphatic hydroxyl groups excluding tert-OH is 1. The fraction of sp³-hybridized carbons (Fsp3) is 0.333. The minimum atomic E-state index is -0.827. The van der Waals surface area contributed by atoms with E-state index in [9.17, 15) is 14.7 Å². The van der Waals surface area contributed by atoms with Gasteiger partial charge in [-0.05, 0) is 17.7 Å². The van der Waals surface area contributed by atoms with Gasteiger partial charge in [-0.2, -0.15) is 0 Å². The Bertz CT molecular complexity index is 436. The van der Waals surface area contributed by atoms with Crippen LogP contribution in [-0.2, 0) is 9.59 Å². The summed E-state index contributed by atoms with van der Waals surface area (Å²) in [5.41, 5.74) is 5.72. The second kappa shape index (κ2) is 7.73. The van der Waals surface area contributed by atoms with Crippen LogP contribution in [0.2, 0.25) is 5.02 Å². The van der Waals surface area contributed by atoms with E-state index in [0.29, 0.717) is 10.6 Å². The number of amides is 2. The van der Waals surface area contributed by atoms with Crippen molar-refractivity contribution in [1.29, 1.82) is 0 Å². The van der Waals surface area contributed by atoms with Gasteiger partial charge in [-0.25, -0.2) is 0 Å². The number of nitrogens with two attached hydrogens (primary N) is 1. The number of benzene rings is 1. The zero-order chi connectivity index (χ0) is 14.3. The van der Waals surface area contributed by atoms with Crippen molar-refractivity contribution in [3.05, 3.63) is 34.9 Å². The van der Waals surface area contributed by atoms with Crippen molar-refractivity contribution < 1.29 is 14.7 Å².